The molecule has 0 spiro atoms. The number of carbonyl (C=O) groups excluding carboxylic acids is 2. The van der Waals surface area contributed by atoms with E-state index >= 15 is 0 Å². The van der Waals surface area contributed by atoms with Crippen LogP contribution >= 0.6 is 0 Å². The molecule has 1 aromatic rings. The van der Waals surface area contributed by atoms with Gasteiger partial charge in [0, 0.05) is 18.5 Å². The van der Waals surface area contributed by atoms with Gasteiger partial charge in [-0.15, -0.1) is 0 Å². The molecule has 0 aliphatic heterocycles. The second-order valence-corrected chi connectivity index (χ2v) is 5.61. The second kappa shape index (κ2) is 6.27. The molecule has 0 unspecified atom stereocenters. The molecule has 20 heavy (non-hydrogen) atoms. The number of hydrogen-bond acceptors (Lipinski definition) is 4. The largest absolute Gasteiger partial charge is 0.396 e. The second-order valence-electron chi connectivity index (χ2n) is 5.61. The average Bonchev–Trinajstić information content (AvgIpc) is 2.28. The summed E-state index contributed by atoms with van der Waals surface area (Å²) in [6.45, 7) is 6.19. The van der Waals surface area contributed by atoms with Crippen molar-refractivity contribution in [2.75, 3.05) is 17.6 Å². The number of nitrogen functional groups attached to an aromatic ring is 1. The molecule has 6 nitrogen and oxygen atoms in total. The van der Waals surface area contributed by atoms with Crippen LogP contribution in [-0.2, 0) is 4.79 Å². The highest BCUT2D eigenvalue weighted by atomic mass is 16.2. The molecule has 0 saturated carbocycles. The predicted molar refractivity (Wildman–Crippen MR) is 80.4 cm³/mol. The topological polar surface area (TPSA) is 110 Å². The molecular weight excluding hydrogens is 256 g/mol. The Bertz CT molecular complexity index is 506. The van der Waals surface area contributed by atoms with Gasteiger partial charge in [0.1, 0.15) is 0 Å². The van der Waals surface area contributed by atoms with Crippen LogP contribution < -0.4 is 22.1 Å². The molecule has 2 amide bonds. The lowest BCUT2D eigenvalue weighted by molar-refractivity contribution is -0.122. The Morgan fingerprint density at radius 2 is 1.90 bits per heavy atom. The molecule has 110 valence electrons. The highest BCUT2D eigenvalue weighted by Gasteiger charge is 2.13. The number of nitrogens with one attached hydrogen (secondary N) is 2. The maximum atomic E-state index is 11.7. The van der Waals surface area contributed by atoms with E-state index in [1.165, 1.54) is 0 Å². The summed E-state index contributed by atoms with van der Waals surface area (Å²) < 4.78 is 0. The van der Waals surface area contributed by atoms with E-state index < -0.39 is 5.91 Å². The fraction of sp³-hybridized carbons (Fsp3) is 0.429. The van der Waals surface area contributed by atoms with E-state index in [-0.39, 0.29) is 17.0 Å². The molecule has 0 atom stereocenters. The summed E-state index contributed by atoms with van der Waals surface area (Å²) in [6.07, 6.45) is 0.317. The van der Waals surface area contributed by atoms with Crippen molar-refractivity contribution in [3.63, 3.8) is 0 Å². The van der Waals surface area contributed by atoms with Crippen molar-refractivity contribution >= 4 is 23.2 Å². The van der Waals surface area contributed by atoms with Gasteiger partial charge in [-0.2, -0.15) is 0 Å². The van der Waals surface area contributed by atoms with Crippen LogP contribution in [-0.4, -0.2) is 23.9 Å². The Labute approximate surface area is 118 Å². The van der Waals surface area contributed by atoms with E-state index in [1.807, 2.05) is 20.8 Å². The van der Waals surface area contributed by atoms with Gasteiger partial charge in [0.2, 0.25) is 5.91 Å². The van der Waals surface area contributed by atoms with Crippen molar-refractivity contribution in [3.8, 4) is 0 Å². The first-order valence-electron chi connectivity index (χ1n) is 6.44. The molecule has 0 aliphatic carbocycles. The van der Waals surface area contributed by atoms with Crippen molar-refractivity contribution < 1.29 is 9.59 Å². The summed E-state index contributed by atoms with van der Waals surface area (Å²) >= 11 is 0. The third-order valence-corrected chi connectivity index (χ3v) is 2.55. The number of primary amides is 1. The van der Waals surface area contributed by atoms with E-state index in [4.69, 9.17) is 11.5 Å². The molecule has 0 bridgehead atoms. The van der Waals surface area contributed by atoms with Crippen LogP contribution in [0.25, 0.3) is 0 Å². The van der Waals surface area contributed by atoms with Crippen molar-refractivity contribution in [2.24, 2.45) is 5.73 Å². The molecule has 6 N–H and O–H groups in total. The predicted octanol–water partition coefficient (Wildman–Crippen LogP) is 1.08. The van der Waals surface area contributed by atoms with Gasteiger partial charge in [0.15, 0.2) is 0 Å². The molecule has 0 radical (unpaired) electrons. The van der Waals surface area contributed by atoms with Gasteiger partial charge in [-0.1, -0.05) is 6.07 Å². The van der Waals surface area contributed by atoms with Crippen LogP contribution in [0.2, 0.25) is 0 Å². The number of amides is 2. The van der Waals surface area contributed by atoms with Crippen LogP contribution in [0.3, 0.4) is 0 Å². The molecule has 0 saturated heterocycles. The molecule has 1 aromatic carbocycles. The summed E-state index contributed by atoms with van der Waals surface area (Å²) in [5, 5.41) is 5.90. The average molecular weight is 278 g/mol. The van der Waals surface area contributed by atoms with Gasteiger partial charge in [0.05, 0.1) is 16.9 Å². The third kappa shape index (κ3) is 4.79. The number of anilines is 2. The Morgan fingerprint density at radius 1 is 1.25 bits per heavy atom. The van der Waals surface area contributed by atoms with Crippen LogP contribution in [0.1, 0.15) is 37.6 Å². The first-order valence-corrected chi connectivity index (χ1v) is 6.44. The first kappa shape index (κ1) is 15.8. The maximum Gasteiger partial charge on any atom is 0.250 e. The fourth-order valence-electron chi connectivity index (χ4n) is 1.73. The molecule has 0 fully saturated rings. The van der Waals surface area contributed by atoms with Crippen molar-refractivity contribution in [3.05, 3.63) is 23.8 Å². The number of carbonyl (C=O) groups is 2. The molecule has 6 heteroatoms. The third-order valence-electron chi connectivity index (χ3n) is 2.55. The van der Waals surface area contributed by atoms with Gasteiger partial charge in [-0.05, 0) is 32.9 Å². The van der Waals surface area contributed by atoms with Crippen molar-refractivity contribution in [1.29, 1.82) is 0 Å². The summed E-state index contributed by atoms with van der Waals surface area (Å²) in [5.41, 5.74) is 12.0. The van der Waals surface area contributed by atoms with Gasteiger partial charge < -0.3 is 22.1 Å². The van der Waals surface area contributed by atoms with Crippen LogP contribution in [0.4, 0.5) is 11.4 Å². The standard InChI is InChI=1S/C14H22N4O2/c1-14(2,3)18-11(19)7-8-17-10-6-4-5-9(12(10)15)13(16)20/h4-6,17H,7-8,15H2,1-3H3,(H2,16,20)(H,18,19). The Morgan fingerprint density at radius 3 is 2.45 bits per heavy atom. The Kier molecular flexibility index (Phi) is 4.96. The van der Waals surface area contributed by atoms with Gasteiger partial charge in [0.25, 0.3) is 5.91 Å². The smallest absolute Gasteiger partial charge is 0.250 e. The van der Waals surface area contributed by atoms with Crippen molar-refractivity contribution in [1.82, 2.24) is 5.32 Å². The highest BCUT2D eigenvalue weighted by molar-refractivity contribution is 6.00. The molecular formula is C14H22N4O2. The number of nitrogens with two attached hydrogens (primary N) is 2. The molecule has 0 aliphatic rings. The minimum absolute atomic E-state index is 0.0466. The van der Waals surface area contributed by atoms with Crippen LogP contribution in [0.5, 0.6) is 0 Å². The van der Waals surface area contributed by atoms with E-state index in [0.29, 0.717) is 24.3 Å². The number of rotatable bonds is 5. The fourth-order valence-corrected chi connectivity index (χ4v) is 1.73. The van der Waals surface area contributed by atoms with Crippen LogP contribution in [0.15, 0.2) is 18.2 Å². The zero-order valence-corrected chi connectivity index (χ0v) is 12.1. The summed E-state index contributed by atoms with van der Waals surface area (Å²) in [5.74, 6) is -0.619. The van der Waals surface area contributed by atoms with Crippen molar-refractivity contribution in [2.45, 2.75) is 32.7 Å². The quantitative estimate of drug-likeness (QED) is 0.604. The number of hydrogen-bond donors (Lipinski definition) is 4. The Hall–Kier alpha value is -2.24. The summed E-state index contributed by atoms with van der Waals surface area (Å²) in [7, 11) is 0. The van der Waals surface area contributed by atoms with E-state index in [1.54, 1.807) is 18.2 Å². The van der Waals surface area contributed by atoms with E-state index in [0.717, 1.165) is 0 Å². The zero-order valence-electron chi connectivity index (χ0n) is 12.1. The minimum Gasteiger partial charge on any atom is -0.396 e. The Balaban J connectivity index is 2.57. The minimum atomic E-state index is -0.573. The normalized spacial score (nSPS) is 10.9. The van der Waals surface area contributed by atoms with E-state index in [9.17, 15) is 9.59 Å². The molecule has 1 rings (SSSR count). The maximum absolute atomic E-state index is 11.7. The molecule has 0 heterocycles. The highest BCUT2D eigenvalue weighted by Crippen LogP contribution is 2.22. The lowest BCUT2D eigenvalue weighted by atomic mass is 10.1. The number of benzene rings is 1. The SMILES string of the molecule is CC(C)(C)NC(=O)CCNc1cccc(C(N)=O)c1N. The van der Waals surface area contributed by atoms with Gasteiger partial charge >= 0.3 is 0 Å². The first-order chi connectivity index (χ1) is 9.20. The zero-order chi connectivity index (χ0) is 15.3. The molecule has 0 aromatic heterocycles. The summed E-state index contributed by atoms with van der Waals surface area (Å²) in [6, 6.07) is 4.99. The summed E-state index contributed by atoms with van der Waals surface area (Å²) in [4.78, 5) is 22.8. The van der Waals surface area contributed by atoms with Gasteiger partial charge in [-0.3, -0.25) is 9.59 Å². The van der Waals surface area contributed by atoms with E-state index in [2.05, 4.69) is 10.6 Å². The van der Waals surface area contributed by atoms with Crippen LogP contribution in [0, 0.1) is 0 Å². The van der Waals surface area contributed by atoms with Gasteiger partial charge in [-0.25, -0.2) is 0 Å². The lowest BCUT2D eigenvalue weighted by Crippen LogP contribution is -2.41. The monoisotopic (exact) mass is 278 g/mol. The number of para-hydroxylation sites is 1. The lowest BCUT2D eigenvalue weighted by Gasteiger charge is -2.20.